The van der Waals surface area contributed by atoms with Crippen LogP contribution in [0.15, 0.2) is 29.1 Å². The number of hydrazine groups is 1. The number of thiophene rings is 1. The van der Waals surface area contributed by atoms with E-state index in [1.54, 1.807) is 11.0 Å². The molecule has 2 N–H and O–H groups in total. The molecule has 0 spiro atoms. The van der Waals surface area contributed by atoms with Crippen molar-refractivity contribution in [2.45, 2.75) is 33.1 Å². The first-order chi connectivity index (χ1) is 13.0. The Morgan fingerprint density at radius 1 is 1.33 bits per heavy atom. The van der Waals surface area contributed by atoms with Crippen molar-refractivity contribution in [1.82, 2.24) is 15.8 Å². The van der Waals surface area contributed by atoms with Crippen molar-refractivity contribution in [2.24, 2.45) is 5.92 Å². The topological polar surface area (TPSA) is 91.7 Å². The van der Waals surface area contributed by atoms with Gasteiger partial charge in [0.1, 0.15) is 6.26 Å². The van der Waals surface area contributed by atoms with Gasteiger partial charge in [-0.1, -0.05) is 6.92 Å². The van der Waals surface area contributed by atoms with Gasteiger partial charge in [0, 0.05) is 18.0 Å². The normalized spacial score (nSPS) is 16.8. The molecule has 0 bridgehead atoms. The van der Waals surface area contributed by atoms with Crippen molar-refractivity contribution < 1.29 is 18.8 Å². The van der Waals surface area contributed by atoms with Crippen molar-refractivity contribution in [3.63, 3.8) is 0 Å². The quantitative estimate of drug-likeness (QED) is 0.786. The Hall–Kier alpha value is -2.61. The first kappa shape index (κ1) is 19.2. The van der Waals surface area contributed by atoms with Crippen LogP contribution in [-0.4, -0.2) is 35.7 Å². The highest BCUT2D eigenvalue weighted by Gasteiger charge is 2.29. The highest BCUT2D eigenvalue weighted by atomic mass is 32.1. The molecular weight excluding hydrogens is 366 g/mol. The minimum atomic E-state index is -0.355. The predicted molar refractivity (Wildman–Crippen MR) is 101 cm³/mol. The van der Waals surface area contributed by atoms with Gasteiger partial charge in [-0.05, 0) is 43.9 Å². The number of nitrogens with zero attached hydrogens (tertiary/aromatic N) is 1. The SMILES string of the molecule is CCc1sc(C(=O)NNC(=O)[C@@H]2CCCN(C(=O)c3ccoc3)C2)cc1C. The fourth-order valence-electron chi connectivity index (χ4n) is 3.21. The van der Waals surface area contributed by atoms with Crippen LogP contribution in [0.5, 0.6) is 0 Å². The second-order valence-electron chi connectivity index (χ2n) is 6.62. The molecule has 0 aliphatic carbocycles. The average Bonchev–Trinajstić information content (AvgIpc) is 3.35. The van der Waals surface area contributed by atoms with E-state index in [1.807, 2.05) is 19.9 Å². The first-order valence-electron chi connectivity index (χ1n) is 9.00. The van der Waals surface area contributed by atoms with Gasteiger partial charge in [0.15, 0.2) is 0 Å². The van der Waals surface area contributed by atoms with Gasteiger partial charge in [0.25, 0.3) is 11.8 Å². The molecule has 2 aromatic heterocycles. The minimum Gasteiger partial charge on any atom is -0.472 e. The Balaban J connectivity index is 1.54. The maximum absolute atomic E-state index is 12.4. The number of aryl methyl sites for hydroxylation is 2. The summed E-state index contributed by atoms with van der Waals surface area (Å²) in [6.45, 7) is 4.94. The van der Waals surface area contributed by atoms with Gasteiger partial charge in [0.2, 0.25) is 5.91 Å². The monoisotopic (exact) mass is 389 g/mol. The molecule has 144 valence electrons. The van der Waals surface area contributed by atoms with Crippen LogP contribution in [0.3, 0.4) is 0 Å². The molecule has 1 fully saturated rings. The number of likely N-dealkylation sites (tertiary alicyclic amines) is 1. The van der Waals surface area contributed by atoms with Crippen molar-refractivity contribution in [2.75, 3.05) is 13.1 Å². The Morgan fingerprint density at radius 2 is 2.15 bits per heavy atom. The Bertz CT molecular complexity index is 828. The average molecular weight is 389 g/mol. The van der Waals surface area contributed by atoms with Gasteiger partial charge in [-0.3, -0.25) is 25.2 Å². The van der Waals surface area contributed by atoms with E-state index in [-0.39, 0.29) is 23.6 Å². The summed E-state index contributed by atoms with van der Waals surface area (Å²) in [6.07, 6.45) is 5.14. The number of rotatable bonds is 4. The lowest BCUT2D eigenvalue weighted by atomic mass is 9.97. The molecular formula is C19H23N3O4S. The number of piperidine rings is 1. The van der Waals surface area contributed by atoms with Crippen molar-refractivity contribution >= 4 is 29.1 Å². The third-order valence-corrected chi connectivity index (χ3v) is 6.09. The highest BCUT2D eigenvalue weighted by molar-refractivity contribution is 7.14. The van der Waals surface area contributed by atoms with E-state index in [9.17, 15) is 14.4 Å². The molecule has 0 aromatic carbocycles. The third kappa shape index (κ3) is 4.39. The van der Waals surface area contributed by atoms with E-state index in [1.165, 1.54) is 23.9 Å². The lowest BCUT2D eigenvalue weighted by molar-refractivity contribution is -0.127. The van der Waals surface area contributed by atoms with Gasteiger partial charge in [-0.2, -0.15) is 0 Å². The van der Waals surface area contributed by atoms with Crippen LogP contribution in [0.4, 0.5) is 0 Å². The molecule has 8 heteroatoms. The maximum Gasteiger partial charge on any atom is 0.279 e. The summed E-state index contributed by atoms with van der Waals surface area (Å²) in [4.78, 5) is 40.5. The van der Waals surface area contributed by atoms with E-state index in [2.05, 4.69) is 10.9 Å². The third-order valence-electron chi connectivity index (χ3n) is 4.71. The van der Waals surface area contributed by atoms with Gasteiger partial charge in [-0.15, -0.1) is 11.3 Å². The molecule has 2 aromatic rings. The number of amides is 3. The molecule has 3 heterocycles. The second-order valence-corrected chi connectivity index (χ2v) is 7.75. The van der Waals surface area contributed by atoms with Gasteiger partial charge in [0.05, 0.1) is 22.6 Å². The second kappa shape index (κ2) is 8.39. The molecule has 7 nitrogen and oxygen atoms in total. The largest absolute Gasteiger partial charge is 0.472 e. The standard InChI is InChI=1S/C19H23N3O4S/c1-3-15-12(2)9-16(27-15)18(24)21-20-17(23)13-5-4-7-22(10-13)19(25)14-6-8-26-11-14/h6,8-9,11,13H,3-5,7,10H2,1-2H3,(H,20,23)(H,21,24)/t13-/m1/s1. The lowest BCUT2D eigenvalue weighted by Crippen LogP contribution is -2.49. The smallest absolute Gasteiger partial charge is 0.279 e. The summed E-state index contributed by atoms with van der Waals surface area (Å²) < 4.78 is 4.95. The molecule has 0 radical (unpaired) electrons. The van der Waals surface area contributed by atoms with Gasteiger partial charge < -0.3 is 9.32 Å². The molecule has 0 saturated carbocycles. The Kier molecular flexibility index (Phi) is 5.95. The van der Waals surface area contributed by atoms with Crippen LogP contribution >= 0.6 is 11.3 Å². The summed E-state index contributed by atoms with van der Waals surface area (Å²) >= 11 is 1.43. The van der Waals surface area contributed by atoms with Crippen LogP contribution in [0.1, 0.15) is 50.2 Å². The molecule has 1 aliphatic heterocycles. The summed E-state index contributed by atoms with van der Waals surface area (Å²) in [7, 11) is 0. The highest BCUT2D eigenvalue weighted by Crippen LogP contribution is 2.22. The molecule has 27 heavy (non-hydrogen) atoms. The van der Waals surface area contributed by atoms with Crippen LogP contribution in [0, 0.1) is 12.8 Å². The zero-order chi connectivity index (χ0) is 19.4. The number of hydrogen-bond acceptors (Lipinski definition) is 5. The van der Waals surface area contributed by atoms with Crippen molar-refractivity contribution in [3.8, 4) is 0 Å². The molecule has 1 saturated heterocycles. The van der Waals surface area contributed by atoms with E-state index >= 15 is 0 Å². The summed E-state index contributed by atoms with van der Waals surface area (Å²) in [5.74, 6) is -1.10. The number of carbonyl (C=O) groups is 3. The van der Waals surface area contributed by atoms with E-state index < -0.39 is 0 Å². The Labute approximate surface area is 161 Å². The van der Waals surface area contributed by atoms with Crippen molar-refractivity contribution in [3.05, 3.63) is 45.5 Å². The number of carbonyl (C=O) groups excluding carboxylic acids is 3. The van der Waals surface area contributed by atoms with Crippen LogP contribution < -0.4 is 10.9 Å². The number of furan rings is 1. The number of nitrogens with one attached hydrogen (secondary N) is 2. The minimum absolute atomic E-state index is 0.147. The van der Waals surface area contributed by atoms with Gasteiger partial charge >= 0.3 is 0 Å². The summed E-state index contributed by atoms with van der Waals surface area (Å²) in [6, 6.07) is 3.44. The van der Waals surface area contributed by atoms with Crippen LogP contribution in [0.25, 0.3) is 0 Å². The van der Waals surface area contributed by atoms with Crippen LogP contribution in [0.2, 0.25) is 0 Å². The molecule has 1 aliphatic rings. The molecule has 1 atom stereocenters. The first-order valence-corrected chi connectivity index (χ1v) is 9.82. The van der Waals surface area contributed by atoms with E-state index in [0.29, 0.717) is 30.0 Å². The van der Waals surface area contributed by atoms with E-state index in [0.717, 1.165) is 23.3 Å². The Morgan fingerprint density at radius 3 is 2.81 bits per heavy atom. The van der Waals surface area contributed by atoms with Crippen molar-refractivity contribution in [1.29, 1.82) is 0 Å². The molecule has 0 unspecified atom stereocenters. The van der Waals surface area contributed by atoms with Crippen LogP contribution in [-0.2, 0) is 11.2 Å². The summed E-state index contributed by atoms with van der Waals surface area (Å²) in [5, 5.41) is 0. The zero-order valence-corrected chi connectivity index (χ0v) is 16.2. The zero-order valence-electron chi connectivity index (χ0n) is 15.4. The predicted octanol–water partition coefficient (Wildman–Crippen LogP) is 2.53. The maximum atomic E-state index is 12.4. The lowest BCUT2D eigenvalue weighted by Gasteiger charge is -2.31. The van der Waals surface area contributed by atoms with E-state index in [4.69, 9.17) is 4.42 Å². The van der Waals surface area contributed by atoms with Gasteiger partial charge in [-0.25, -0.2) is 0 Å². The number of hydrogen-bond donors (Lipinski definition) is 2. The summed E-state index contributed by atoms with van der Waals surface area (Å²) in [5.41, 5.74) is 6.55. The molecule has 3 amide bonds. The fourth-order valence-corrected chi connectivity index (χ4v) is 4.22. The fraction of sp³-hybridized carbons (Fsp3) is 0.421. The molecule has 3 rings (SSSR count).